The summed E-state index contributed by atoms with van der Waals surface area (Å²) in [5.74, 6) is 0.442. The Kier molecular flexibility index (Phi) is 6.51. The van der Waals surface area contributed by atoms with Crippen molar-refractivity contribution in [1.29, 1.82) is 0 Å². The van der Waals surface area contributed by atoms with Crippen LogP contribution in [0.15, 0.2) is 53.7 Å². The molecular formula is C21H25N5O3S. The summed E-state index contributed by atoms with van der Waals surface area (Å²) in [4.78, 5) is 12.6. The fourth-order valence-corrected chi connectivity index (χ4v) is 4.40. The van der Waals surface area contributed by atoms with Crippen molar-refractivity contribution in [3.05, 3.63) is 71.3 Å². The van der Waals surface area contributed by atoms with E-state index in [1.807, 2.05) is 24.5 Å². The van der Waals surface area contributed by atoms with Crippen molar-refractivity contribution >= 4 is 21.6 Å². The number of benzene rings is 2. The summed E-state index contributed by atoms with van der Waals surface area (Å²) in [6, 6.07) is 11.7. The van der Waals surface area contributed by atoms with E-state index in [1.54, 1.807) is 43.6 Å². The van der Waals surface area contributed by atoms with Gasteiger partial charge in [0.05, 0.1) is 4.90 Å². The Morgan fingerprint density at radius 1 is 1.13 bits per heavy atom. The Morgan fingerprint density at radius 3 is 2.67 bits per heavy atom. The summed E-state index contributed by atoms with van der Waals surface area (Å²) in [5, 5.41) is 10.7. The Labute approximate surface area is 176 Å². The van der Waals surface area contributed by atoms with E-state index in [2.05, 4.69) is 20.2 Å². The smallest absolute Gasteiger partial charge is 0.262 e. The van der Waals surface area contributed by atoms with Crippen molar-refractivity contribution in [2.24, 2.45) is 0 Å². The molecule has 9 heteroatoms. The Morgan fingerprint density at radius 2 is 1.93 bits per heavy atom. The van der Waals surface area contributed by atoms with Crippen LogP contribution in [0.3, 0.4) is 0 Å². The zero-order chi connectivity index (χ0) is 21.7. The number of nitrogens with zero attached hydrogens (tertiary/aromatic N) is 3. The molecule has 158 valence electrons. The summed E-state index contributed by atoms with van der Waals surface area (Å²) in [6.45, 7) is 6.70. The number of sulfonamides is 1. The molecule has 0 fully saturated rings. The van der Waals surface area contributed by atoms with Gasteiger partial charge in [-0.05, 0) is 56.2 Å². The Bertz CT molecular complexity index is 1150. The van der Waals surface area contributed by atoms with Crippen molar-refractivity contribution in [2.75, 3.05) is 11.3 Å². The molecule has 0 aliphatic rings. The molecule has 0 aliphatic carbocycles. The molecule has 0 unspecified atom stereocenters. The molecule has 3 aromatic rings. The second-order valence-electron chi connectivity index (χ2n) is 6.99. The van der Waals surface area contributed by atoms with Gasteiger partial charge in [-0.15, -0.1) is 10.2 Å². The number of rotatable bonds is 8. The number of aromatic nitrogens is 3. The molecule has 1 heterocycles. The average Bonchev–Trinajstić information content (AvgIpc) is 3.15. The van der Waals surface area contributed by atoms with E-state index >= 15 is 0 Å². The highest BCUT2D eigenvalue weighted by Gasteiger charge is 2.19. The third kappa shape index (κ3) is 5.04. The predicted molar refractivity (Wildman–Crippen MR) is 115 cm³/mol. The van der Waals surface area contributed by atoms with Crippen LogP contribution in [0.5, 0.6) is 0 Å². The van der Waals surface area contributed by atoms with Crippen molar-refractivity contribution in [2.45, 2.75) is 38.6 Å². The van der Waals surface area contributed by atoms with Gasteiger partial charge in [0, 0.05) is 30.8 Å². The monoisotopic (exact) mass is 427 g/mol. The number of amides is 1. The number of hydrogen-bond donors (Lipinski definition) is 2. The van der Waals surface area contributed by atoms with E-state index in [0.717, 1.165) is 17.9 Å². The average molecular weight is 428 g/mol. The molecule has 2 aromatic carbocycles. The molecule has 1 amide bonds. The molecule has 0 spiro atoms. The van der Waals surface area contributed by atoms with Crippen molar-refractivity contribution < 1.29 is 13.2 Å². The summed E-state index contributed by atoms with van der Waals surface area (Å²) in [6.07, 6.45) is 2.18. The maximum atomic E-state index is 12.9. The fourth-order valence-electron chi connectivity index (χ4n) is 3.08. The lowest BCUT2D eigenvalue weighted by Gasteiger charge is -2.13. The van der Waals surface area contributed by atoms with E-state index in [9.17, 15) is 13.2 Å². The van der Waals surface area contributed by atoms with Crippen LogP contribution < -0.4 is 10.0 Å². The number of hydrogen-bond acceptors (Lipinski definition) is 5. The van der Waals surface area contributed by atoms with Gasteiger partial charge in [-0.1, -0.05) is 18.2 Å². The largest absolute Gasteiger partial charge is 0.352 e. The van der Waals surface area contributed by atoms with E-state index < -0.39 is 10.0 Å². The van der Waals surface area contributed by atoms with Gasteiger partial charge >= 0.3 is 0 Å². The minimum Gasteiger partial charge on any atom is -0.352 e. The molecule has 0 atom stereocenters. The van der Waals surface area contributed by atoms with Crippen LogP contribution in [-0.2, 0) is 23.0 Å². The first-order chi connectivity index (χ1) is 14.3. The van der Waals surface area contributed by atoms with E-state index in [4.69, 9.17) is 0 Å². The van der Waals surface area contributed by atoms with Gasteiger partial charge in [0.2, 0.25) is 0 Å². The van der Waals surface area contributed by atoms with Crippen LogP contribution in [0.4, 0.5) is 5.69 Å². The molecule has 0 aliphatic heterocycles. The molecule has 0 radical (unpaired) electrons. The summed E-state index contributed by atoms with van der Waals surface area (Å²) < 4.78 is 30.3. The number of anilines is 1. The number of carbonyl (C=O) groups is 1. The third-order valence-electron chi connectivity index (χ3n) is 4.68. The minimum atomic E-state index is -3.83. The number of nitrogens with one attached hydrogen (secondary N) is 2. The van der Waals surface area contributed by atoms with Gasteiger partial charge in [0.1, 0.15) is 12.2 Å². The summed E-state index contributed by atoms with van der Waals surface area (Å²) >= 11 is 0. The number of carbonyl (C=O) groups excluding carboxylic acids is 1. The lowest BCUT2D eigenvalue weighted by molar-refractivity contribution is 0.0953. The first-order valence-corrected chi connectivity index (χ1v) is 11.1. The Balaban J connectivity index is 1.73. The highest BCUT2D eigenvalue weighted by molar-refractivity contribution is 7.92. The van der Waals surface area contributed by atoms with Crippen LogP contribution in [0, 0.1) is 13.8 Å². The Hall–Kier alpha value is -3.20. The van der Waals surface area contributed by atoms with Gasteiger partial charge in [0.15, 0.2) is 0 Å². The molecule has 0 saturated heterocycles. The van der Waals surface area contributed by atoms with Crippen LogP contribution in [0.25, 0.3) is 0 Å². The summed E-state index contributed by atoms with van der Waals surface area (Å²) in [5.41, 5.74) is 2.26. The van der Waals surface area contributed by atoms with E-state index in [0.29, 0.717) is 24.2 Å². The fraction of sp³-hybridized carbons (Fsp3) is 0.286. The van der Waals surface area contributed by atoms with Crippen molar-refractivity contribution in [1.82, 2.24) is 20.1 Å². The maximum absolute atomic E-state index is 12.9. The lowest BCUT2D eigenvalue weighted by atomic mass is 10.1. The van der Waals surface area contributed by atoms with Gasteiger partial charge in [-0.2, -0.15) is 0 Å². The third-order valence-corrected chi connectivity index (χ3v) is 6.20. The van der Waals surface area contributed by atoms with Gasteiger partial charge in [-0.3, -0.25) is 9.52 Å². The zero-order valence-electron chi connectivity index (χ0n) is 17.2. The molecule has 30 heavy (non-hydrogen) atoms. The minimum absolute atomic E-state index is 0.0717. The quantitative estimate of drug-likeness (QED) is 0.575. The first-order valence-electron chi connectivity index (χ1n) is 9.65. The highest BCUT2D eigenvalue weighted by Crippen LogP contribution is 2.21. The summed E-state index contributed by atoms with van der Waals surface area (Å²) in [7, 11) is -3.83. The van der Waals surface area contributed by atoms with Crippen molar-refractivity contribution in [3.8, 4) is 0 Å². The van der Waals surface area contributed by atoms with Crippen LogP contribution in [0.1, 0.15) is 34.2 Å². The van der Waals surface area contributed by atoms with E-state index in [-0.39, 0.29) is 16.4 Å². The molecule has 0 saturated carbocycles. The SMILES string of the molecule is CCn1cnnc1CCNC(=O)c1ccc(C)c(S(=O)(=O)Nc2cccc(C)c2)c1. The normalized spacial score (nSPS) is 11.3. The maximum Gasteiger partial charge on any atom is 0.262 e. The molecule has 8 nitrogen and oxygen atoms in total. The molecule has 0 bridgehead atoms. The highest BCUT2D eigenvalue weighted by atomic mass is 32.2. The standard InChI is InChI=1S/C21H25N5O3S/c1-4-26-14-23-24-20(26)10-11-22-21(27)17-9-8-16(3)19(13-17)30(28,29)25-18-7-5-6-15(2)12-18/h5-9,12-14,25H,4,10-11H2,1-3H3,(H,22,27). The van der Waals surface area contributed by atoms with Crippen LogP contribution >= 0.6 is 0 Å². The van der Waals surface area contributed by atoms with Gasteiger partial charge in [0.25, 0.3) is 15.9 Å². The molecular weight excluding hydrogens is 402 g/mol. The molecule has 3 rings (SSSR count). The molecule has 1 aromatic heterocycles. The van der Waals surface area contributed by atoms with Crippen LogP contribution in [-0.4, -0.2) is 35.6 Å². The van der Waals surface area contributed by atoms with Gasteiger partial charge in [-0.25, -0.2) is 8.42 Å². The number of aryl methyl sites for hydroxylation is 3. The first kappa shape index (κ1) is 21.5. The zero-order valence-corrected chi connectivity index (χ0v) is 18.0. The lowest BCUT2D eigenvalue weighted by Crippen LogP contribution is -2.27. The predicted octanol–water partition coefficient (Wildman–Crippen LogP) is 2.69. The molecule has 2 N–H and O–H groups in total. The van der Waals surface area contributed by atoms with Crippen molar-refractivity contribution in [3.63, 3.8) is 0 Å². The topological polar surface area (TPSA) is 106 Å². The second kappa shape index (κ2) is 9.08. The van der Waals surface area contributed by atoms with Gasteiger partial charge < -0.3 is 9.88 Å². The van der Waals surface area contributed by atoms with Crippen LogP contribution in [0.2, 0.25) is 0 Å². The van der Waals surface area contributed by atoms with E-state index in [1.165, 1.54) is 6.07 Å². The second-order valence-corrected chi connectivity index (χ2v) is 8.65.